The van der Waals surface area contributed by atoms with Gasteiger partial charge in [0.05, 0.1) is 11.6 Å². The summed E-state index contributed by atoms with van der Waals surface area (Å²) in [6, 6.07) is 17.1. The summed E-state index contributed by atoms with van der Waals surface area (Å²) in [7, 11) is 0. The maximum Gasteiger partial charge on any atom is 0.302 e. The molecule has 0 saturated heterocycles. The van der Waals surface area contributed by atoms with Gasteiger partial charge in [0.15, 0.2) is 5.78 Å². The topological polar surface area (TPSA) is 48.3 Å². The van der Waals surface area contributed by atoms with Crippen LogP contribution in [0.4, 0.5) is 0 Å². The highest BCUT2D eigenvalue weighted by atomic mass is 16.5. The van der Waals surface area contributed by atoms with Crippen LogP contribution in [0.1, 0.15) is 41.5 Å². The number of nitrogens with zero attached hydrogens (tertiary/aromatic N) is 1. The Kier molecular flexibility index (Phi) is 4.70. The summed E-state index contributed by atoms with van der Waals surface area (Å²) in [4.78, 5) is 24.2. The Morgan fingerprint density at radius 1 is 1.04 bits per heavy atom. The zero-order valence-corrected chi connectivity index (χ0v) is 14.7. The second kappa shape index (κ2) is 6.93. The van der Waals surface area contributed by atoms with Gasteiger partial charge in [0, 0.05) is 29.1 Å². The van der Waals surface area contributed by atoms with Crippen LogP contribution in [0.15, 0.2) is 54.6 Å². The van der Waals surface area contributed by atoms with Crippen LogP contribution in [0.3, 0.4) is 0 Å². The molecule has 128 valence electrons. The zero-order valence-electron chi connectivity index (χ0n) is 14.7. The molecular formula is C21H21NO3. The molecule has 0 spiro atoms. The lowest BCUT2D eigenvalue weighted by atomic mass is 10.0. The first-order chi connectivity index (χ1) is 12.0. The number of aromatic nitrogens is 1. The molecular weight excluding hydrogens is 314 g/mol. The number of carbonyl (C=O) groups excluding carboxylic acids is 2. The van der Waals surface area contributed by atoms with Crippen LogP contribution < -0.4 is 0 Å². The molecule has 0 aliphatic carbocycles. The molecule has 2 aromatic carbocycles. The summed E-state index contributed by atoms with van der Waals surface area (Å²) in [6.07, 6.45) is 0. The van der Waals surface area contributed by atoms with Crippen LogP contribution in [-0.2, 0) is 9.53 Å². The first kappa shape index (κ1) is 17.0. The van der Waals surface area contributed by atoms with E-state index in [1.165, 1.54) is 6.92 Å². The van der Waals surface area contributed by atoms with Crippen molar-refractivity contribution < 1.29 is 14.3 Å². The number of hydrogen-bond donors (Lipinski definition) is 0. The average molecular weight is 335 g/mol. The summed E-state index contributed by atoms with van der Waals surface area (Å²) < 4.78 is 7.25. The van der Waals surface area contributed by atoms with E-state index in [1.54, 1.807) is 0 Å². The standard InChI is InChI=1S/C21H21NO3/c1-14(13-25-16(3)23)22-15(2)20(18-11-7-8-12-19(18)22)21(24)17-9-5-4-6-10-17/h4-12,14H,13H2,1-3H3. The van der Waals surface area contributed by atoms with Crippen molar-refractivity contribution in [3.8, 4) is 0 Å². The SMILES string of the molecule is CC(=O)OCC(C)n1c(C)c(C(=O)c2ccccc2)c2ccccc21. The molecule has 0 aliphatic rings. The summed E-state index contributed by atoms with van der Waals surface area (Å²) in [5.74, 6) is -0.297. The fourth-order valence-corrected chi connectivity index (χ4v) is 3.29. The van der Waals surface area contributed by atoms with Crippen molar-refractivity contribution >= 4 is 22.7 Å². The predicted molar refractivity (Wildman–Crippen MR) is 97.9 cm³/mol. The van der Waals surface area contributed by atoms with E-state index in [-0.39, 0.29) is 24.4 Å². The van der Waals surface area contributed by atoms with Crippen LogP contribution in [0.5, 0.6) is 0 Å². The van der Waals surface area contributed by atoms with Gasteiger partial charge in [0.25, 0.3) is 0 Å². The maximum atomic E-state index is 13.1. The zero-order chi connectivity index (χ0) is 18.0. The van der Waals surface area contributed by atoms with Crippen molar-refractivity contribution in [2.45, 2.75) is 26.8 Å². The van der Waals surface area contributed by atoms with Crippen molar-refractivity contribution in [1.82, 2.24) is 4.57 Å². The van der Waals surface area contributed by atoms with Crippen molar-refractivity contribution in [2.24, 2.45) is 0 Å². The third-order valence-corrected chi connectivity index (χ3v) is 4.39. The molecule has 0 N–H and O–H groups in total. The highest BCUT2D eigenvalue weighted by molar-refractivity contribution is 6.17. The van der Waals surface area contributed by atoms with E-state index in [2.05, 4.69) is 4.57 Å². The molecule has 1 aromatic heterocycles. The van der Waals surface area contributed by atoms with Gasteiger partial charge < -0.3 is 9.30 Å². The fourth-order valence-electron chi connectivity index (χ4n) is 3.29. The molecule has 0 aliphatic heterocycles. The Morgan fingerprint density at radius 2 is 1.68 bits per heavy atom. The minimum atomic E-state index is -0.304. The smallest absolute Gasteiger partial charge is 0.302 e. The Morgan fingerprint density at radius 3 is 2.36 bits per heavy atom. The number of carbonyl (C=O) groups is 2. The van der Waals surface area contributed by atoms with Gasteiger partial charge in [0.1, 0.15) is 6.61 Å². The molecule has 3 aromatic rings. The van der Waals surface area contributed by atoms with Crippen LogP contribution in [0, 0.1) is 6.92 Å². The number of fused-ring (bicyclic) bond motifs is 1. The van der Waals surface area contributed by atoms with Crippen molar-refractivity contribution in [3.05, 3.63) is 71.4 Å². The number of benzene rings is 2. The Bertz CT molecular complexity index is 925. The average Bonchev–Trinajstić information content (AvgIpc) is 2.91. The molecule has 0 bridgehead atoms. The number of ketones is 1. The van der Waals surface area contributed by atoms with E-state index in [4.69, 9.17) is 4.74 Å². The molecule has 4 heteroatoms. The Balaban J connectivity index is 2.13. The normalized spacial score (nSPS) is 12.1. The summed E-state index contributed by atoms with van der Waals surface area (Å²) in [5, 5.41) is 0.920. The summed E-state index contributed by atoms with van der Waals surface area (Å²) >= 11 is 0. The number of rotatable bonds is 5. The molecule has 25 heavy (non-hydrogen) atoms. The lowest BCUT2D eigenvalue weighted by Crippen LogP contribution is -2.16. The number of ether oxygens (including phenoxy) is 1. The van der Waals surface area contributed by atoms with Crippen molar-refractivity contribution in [3.63, 3.8) is 0 Å². The van der Waals surface area contributed by atoms with Crippen LogP contribution in [-0.4, -0.2) is 22.9 Å². The first-order valence-electron chi connectivity index (χ1n) is 8.33. The van der Waals surface area contributed by atoms with Gasteiger partial charge in [0.2, 0.25) is 0 Å². The highest BCUT2D eigenvalue weighted by Gasteiger charge is 2.23. The largest absolute Gasteiger partial charge is 0.464 e. The Labute approximate surface area is 147 Å². The van der Waals surface area contributed by atoms with E-state index < -0.39 is 0 Å². The molecule has 0 radical (unpaired) electrons. The quantitative estimate of drug-likeness (QED) is 0.516. The van der Waals surface area contributed by atoms with Gasteiger partial charge in [-0.05, 0) is 19.9 Å². The first-order valence-corrected chi connectivity index (χ1v) is 8.33. The summed E-state index contributed by atoms with van der Waals surface area (Å²) in [5.41, 5.74) is 3.23. The molecule has 1 heterocycles. The molecule has 0 saturated carbocycles. The molecule has 4 nitrogen and oxygen atoms in total. The third kappa shape index (κ3) is 3.20. The maximum absolute atomic E-state index is 13.1. The lowest BCUT2D eigenvalue weighted by molar-refractivity contribution is -0.141. The monoisotopic (exact) mass is 335 g/mol. The highest BCUT2D eigenvalue weighted by Crippen LogP contribution is 2.31. The van der Waals surface area contributed by atoms with E-state index in [9.17, 15) is 9.59 Å². The van der Waals surface area contributed by atoms with E-state index in [0.717, 1.165) is 16.6 Å². The third-order valence-electron chi connectivity index (χ3n) is 4.39. The van der Waals surface area contributed by atoms with E-state index in [0.29, 0.717) is 11.1 Å². The van der Waals surface area contributed by atoms with Gasteiger partial charge in [-0.15, -0.1) is 0 Å². The molecule has 1 unspecified atom stereocenters. The van der Waals surface area contributed by atoms with E-state index >= 15 is 0 Å². The number of hydrogen-bond acceptors (Lipinski definition) is 3. The van der Waals surface area contributed by atoms with Crippen LogP contribution in [0.2, 0.25) is 0 Å². The molecule has 1 atom stereocenters. The van der Waals surface area contributed by atoms with Gasteiger partial charge in [-0.3, -0.25) is 9.59 Å². The minimum Gasteiger partial charge on any atom is -0.464 e. The number of para-hydroxylation sites is 1. The molecule has 0 amide bonds. The lowest BCUT2D eigenvalue weighted by Gasteiger charge is -2.17. The van der Waals surface area contributed by atoms with Gasteiger partial charge in [-0.1, -0.05) is 48.5 Å². The van der Waals surface area contributed by atoms with Crippen molar-refractivity contribution in [1.29, 1.82) is 0 Å². The minimum absolute atomic E-state index is 0.00716. The van der Waals surface area contributed by atoms with Gasteiger partial charge in [-0.2, -0.15) is 0 Å². The molecule has 3 rings (SSSR count). The fraction of sp³-hybridized carbons (Fsp3) is 0.238. The van der Waals surface area contributed by atoms with Gasteiger partial charge in [-0.25, -0.2) is 0 Å². The number of esters is 1. The van der Waals surface area contributed by atoms with E-state index in [1.807, 2.05) is 68.4 Å². The van der Waals surface area contributed by atoms with Crippen LogP contribution >= 0.6 is 0 Å². The summed E-state index contributed by atoms with van der Waals surface area (Å²) in [6.45, 7) is 5.60. The Hall–Kier alpha value is -2.88. The van der Waals surface area contributed by atoms with Crippen LogP contribution in [0.25, 0.3) is 10.9 Å². The second-order valence-corrected chi connectivity index (χ2v) is 6.19. The predicted octanol–water partition coefficient (Wildman–Crippen LogP) is 4.30. The van der Waals surface area contributed by atoms with Gasteiger partial charge >= 0.3 is 5.97 Å². The van der Waals surface area contributed by atoms with Crippen molar-refractivity contribution in [2.75, 3.05) is 6.61 Å². The molecule has 0 fully saturated rings. The second-order valence-electron chi connectivity index (χ2n) is 6.19.